The lowest BCUT2D eigenvalue weighted by atomic mass is 9.91. The average molecular weight is 135 g/mol. The van der Waals surface area contributed by atoms with Crippen LogP contribution in [0.4, 0.5) is 0 Å². The molecule has 0 unspecified atom stereocenters. The summed E-state index contributed by atoms with van der Waals surface area (Å²) in [5.74, 6) is 0. The van der Waals surface area contributed by atoms with E-state index in [2.05, 4.69) is 13.2 Å². The van der Waals surface area contributed by atoms with Crippen LogP contribution in [0.25, 0.3) is 0 Å². The Hall–Kier alpha value is -0.850. The van der Waals surface area contributed by atoms with Crippen LogP contribution in [0.1, 0.15) is 20.3 Å². The maximum Gasteiger partial charge on any atom is 0.0539 e. The summed E-state index contributed by atoms with van der Waals surface area (Å²) in [5, 5.41) is 7.46. The number of nitrogens with one attached hydrogen (secondary N) is 1. The third kappa shape index (κ3) is 0.666. The largest absolute Gasteiger partial charge is 0.308 e. The van der Waals surface area contributed by atoms with Crippen molar-refractivity contribution in [3.8, 4) is 0 Å². The van der Waals surface area contributed by atoms with Crippen LogP contribution >= 0.6 is 0 Å². The first-order valence-corrected chi connectivity index (χ1v) is 3.41. The van der Waals surface area contributed by atoms with Gasteiger partial charge in [-0.25, -0.2) is 0 Å². The molecule has 1 N–H and O–H groups in total. The van der Waals surface area contributed by atoms with Crippen molar-refractivity contribution in [2.45, 2.75) is 20.3 Å². The molecule has 1 nitrogen and oxygen atoms in total. The molecule has 1 heteroatoms. The highest BCUT2D eigenvalue weighted by atomic mass is 14.7. The monoisotopic (exact) mass is 135 g/mol. The molecule has 0 saturated heterocycles. The van der Waals surface area contributed by atoms with E-state index in [1.54, 1.807) is 0 Å². The summed E-state index contributed by atoms with van der Waals surface area (Å²) in [7, 11) is 0. The fourth-order valence-electron chi connectivity index (χ4n) is 1.40. The van der Waals surface area contributed by atoms with E-state index < -0.39 is 0 Å². The number of rotatable bonds is 2. The molecule has 0 aliphatic heterocycles. The van der Waals surface area contributed by atoms with Gasteiger partial charge in [-0.3, -0.25) is 0 Å². The molecule has 0 spiro atoms. The normalized spacial score (nSPS) is 20.4. The van der Waals surface area contributed by atoms with E-state index >= 15 is 0 Å². The van der Waals surface area contributed by atoms with Crippen molar-refractivity contribution < 1.29 is 0 Å². The first-order valence-electron chi connectivity index (χ1n) is 3.41. The van der Waals surface area contributed by atoms with Crippen molar-refractivity contribution in [3.63, 3.8) is 0 Å². The molecule has 1 rings (SSSR count). The van der Waals surface area contributed by atoms with E-state index in [4.69, 9.17) is 5.41 Å². The average Bonchev–Trinajstić information content (AvgIpc) is 2.42. The van der Waals surface area contributed by atoms with Gasteiger partial charge in [0.25, 0.3) is 0 Å². The molecular weight excluding hydrogens is 122 g/mol. The molecule has 0 atom stereocenters. The van der Waals surface area contributed by atoms with Gasteiger partial charge in [-0.2, -0.15) is 0 Å². The lowest BCUT2D eigenvalue weighted by molar-refractivity contribution is 0.782. The highest BCUT2D eigenvalue weighted by Crippen LogP contribution is 2.52. The van der Waals surface area contributed by atoms with Crippen molar-refractivity contribution >= 4 is 5.71 Å². The van der Waals surface area contributed by atoms with Gasteiger partial charge in [0.15, 0.2) is 0 Å². The maximum absolute atomic E-state index is 7.46. The van der Waals surface area contributed by atoms with E-state index in [9.17, 15) is 0 Å². The SMILES string of the molecule is C=C(C)C1(C(=C)C)CC1=N. The van der Waals surface area contributed by atoms with Crippen molar-refractivity contribution in [1.82, 2.24) is 0 Å². The standard InChI is InChI=1S/C9H13N/c1-6(2)9(7(3)4)5-8(9)10/h10H,1,3,5H2,2,4H3. The molecule has 1 fully saturated rings. The van der Waals surface area contributed by atoms with Crippen molar-refractivity contribution in [2.24, 2.45) is 5.41 Å². The van der Waals surface area contributed by atoms with Crippen LogP contribution in [0.5, 0.6) is 0 Å². The first-order chi connectivity index (χ1) is 4.51. The third-order valence-electron chi connectivity index (χ3n) is 2.29. The van der Waals surface area contributed by atoms with Gasteiger partial charge in [0, 0.05) is 12.1 Å². The van der Waals surface area contributed by atoms with Gasteiger partial charge in [-0.1, -0.05) is 24.3 Å². The molecule has 0 heterocycles. The molecular formula is C9H13N. The lowest BCUT2D eigenvalue weighted by Gasteiger charge is -2.12. The highest BCUT2D eigenvalue weighted by Gasteiger charge is 2.50. The topological polar surface area (TPSA) is 23.9 Å². The quantitative estimate of drug-likeness (QED) is 0.563. The highest BCUT2D eigenvalue weighted by molar-refractivity contribution is 6.08. The third-order valence-corrected chi connectivity index (χ3v) is 2.29. The molecule has 1 aliphatic rings. The van der Waals surface area contributed by atoms with Crippen LogP contribution in [-0.4, -0.2) is 5.71 Å². The molecule has 0 amide bonds. The van der Waals surface area contributed by atoms with Gasteiger partial charge < -0.3 is 5.41 Å². The van der Waals surface area contributed by atoms with E-state index in [1.807, 2.05) is 13.8 Å². The lowest BCUT2D eigenvalue weighted by Crippen LogP contribution is -2.05. The van der Waals surface area contributed by atoms with Gasteiger partial charge in [0.1, 0.15) is 0 Å². The molecule has 1 aliphatic carbocycles. The summed E-state index contributed by atoms with van der Waals surface area (Å²) >= 11 is 0. The van der Waals surface area contributed by atoms with Gasteiger partial charge >= 0.3 is 0 Å². The fraction of sp³-hybridized carbons (Fsp3) is 0.444. The zero-order valence-electron chi connectivity index (χ0n) is 6.62. The van der Waals surface area contributed by atoms with Crippen LogP contribution in [-0.2, 0) is 0 Å². The summed E-state index contributed by atoms with van der Waals surface area (Å²) in [6.07, 6.45) is 0.845. The van der Waals surface area contributed by atoms with E-state index in [1.165, 1.54) is 0 Å². The molecule has 0 aromatic carbocycles. The van der Waals surface area contributed by atoms with Crippen LogP contribution in [0.2, 0.25) is 0 Å². The Balaban J connectivity index is 2.94. The molecule has 0 bridgehead atoms. The minimum atomic E-state index is -0.0972. The minimum Gasteiger partial charge on any atom is -0.308 e. The summed E-state index contributed by atoms with van der Waals surface area (Å²) in [6, 6.07) is 0. The summed E-state index contributed by atoms with van der Waals surface area (Å²) in [6.45, 7) is 11.7. The van der Waals surface area contributed by atoms with Crippen molar-refractivity contribution in [3.05, 3.63) is 24.3 Å². The Labute approximate surface area is 62.0 Å². The van der Waals surface area contributed by atoms with Crippen molar-refractivity contribution in [2.75, 3.05) is 0 Å². The summed E-state index contributed by atoms with van der Waals surface area (Å²) in [4.78, 5) is 0. The number of hydrogen-bond acceptors (Lipinski definition) is 1. The Morgan fingerprint density at radius 3 is 1.70 bits per heavy atom. The predicted molar refractivity (Wildman–Crippen MR) is 44.4 cm³/mol. The Bertz CT molecular complexity index is 209. The second kappa shape index (κ2) is 1.82. The Morgan fingerprint density at radius 2 is 1.70 bits per heavy atom. The molecule has 54 valence electrons. The van der Waals surface area contributed by atoms with Crippen LogP contribution in [0.3, 0.4) is 0 Å². The smallest absolute Gasteiger partial charge is 0.0539 e. The van der Waals surface area contributed by atoms with Crippen LogP contribution < -0.4 is 0 Å². The predicted octanol–water partition coefficient (Wildman–Crippen LogP) is 2.55. The summed E-state index contributed by atoms with van der Waals surface area (Å²) in [5.41, 5.74) is 2.79. The van der Waals surface area contributed by atoms with Crippen LogP contribution in [0, 0.1) is 10.8 Å². The van der Waals surface area contributed by atoms with E-state index in [0.29, 0.717) is 0 Å². The van der Waals surface area contributed by atoms with Gasteiger partial charge in [-0.15, -0.1) is 0 Å². The van der Waals surface area contributed by atoms with Crippen LogP contribution in [0.15, 0.2) is 24.3 Å². The first kappa shape index (κ1) is 7.26. The van der Waals surface area contributed by atoms with Gasteiger partial charge in [-0.05, 0) is 13.8 Å². The second-order valence-corrected chi connectivity index (χ2v) is 3.12. The zero-order valence-corrected chi connectivity index (χ0v) is 6.62. The maximum atomic E-state index is 7.46. The Morgan fingerprint density at radius 1 is 1.40 bits per heavy atom. The Kier molecular flexibility index (Phi) is 1.32. The minimum absolute atomic E-state index is 0.0972. The zero-order chi connectivity index (χ0) is 7.94. The molecule has 10 heavy (non-hydrogen) atoms. The van der Waals surface area contributed by atoms with E-state index in [0.717, 1.165) is 23.3 Å². The summed E-state index contributed by atoms with van der Waals surface area (Å²) < 4.78 is 0. The van der Waals surface area contributed by atoms with Gasteiger partial charge in [0.05, 0.1) is 5.41 Å². The number of allylic oxidation sites excluding steroid dienone is 2. The molecule has 0 aromatic heterocycles. The second-order valence-electron chi connectivity index (χ2n) is 3.12. The molecule has 0 aromatic rings. The fourth-order valence-corrected chi connectivity index (χ4v) is 1.40. The van der Waals surface area contributed by atoms with Gasteiger partial charge in [0.2, 0.25) is 0 Å². The molecule has 0 radical (unpaired) electrons. The molecule has 1 saturated carbocycles. The van der Waals surface area contributed by atoms with Crippen molar-refractivity contribution in [1.29, 1.82) is 5.41 Å². The van der Waals surface area contributed by atoms with E-state index in [-0.39, 0.29) is 5.41 Å². The number of hydrogen-bond donors (Lipinski definition) is 1.